The lowest BCUT2D eigenvalue weighted by atomic mass is 10.0. The van der Waals surface area contributed by atoms with Gasteiger partial charge >= 0.3 is 0 Å². The van der Waals surface area contributed by atoms with E-state index in [1.165, 1.54) is 82.6 Å². The smallest absolute Gasteiger partial charge is 0.115 e. The van der Waals surface area contributed by atoms with Crippen LogP contribution in [0.5, 0.6) is 5.75 Å². The van der Waals surface area contributed by atoms with E-state index in [9.17, 15) is 5.11 Å². The van der Waals surface area contributed by atoms with Gasteiger partial charge in [-0.15, -0.1) is 6.58 Å². The third-order valence-electron chi connectivity index (χ3n) is 4.28. The lowest BCUT2D eigenvalue weighted by molar-refractivity contribution is 0.474. The molecule has 1 heteroatoms. The average molecular weight is 303 g/mol. The molecule has 124 valence electrons. The van der Waals surface area contributed by atoms with Crippen molar-refractivity contribution < 1.29 is 5.11 Å². The van der Waals surface area contributed by atoms with Crippen LogP contribution in [0.15, 0.2) is 36.9 Å². The Kier molecular flexibility index (Phi) is 11.5. The molecular formula is C21H34O. The van der Waals surface area contributed by atoms with Gasteiger partial charge in [-0.1, -0.05) is 76.0 Å². The van der Waals surface area contributed by atoms with Gasteiger partial charge in [-0.25, -0.2) is 0 Å². The minimum atomic E-state index is 0.391. The summed E-state index contributed by atoms with van der Waals surface area (Å²) in [4.78, 5) is 0. The van der Waals surface area contributed by atoms with Gasteiger partial charge in [-0.3, -0.25) is 0 Å². The summed E-state index contributed by atoms with van der Waals surface area (Å²) < 4.78 is 0. The molecule has 0 spiro atoms. The van der Waals surface area contributed by atoms with Crippen molar-refractivity contribution in [3.05, 3.63) is 42.5 Å². The molecule has 0 heterocycles. The molecule has 0 fully saturated rings. The van der Waals surface area contributed by atoms with Gasteiger partial charge in [0.2, 0.25) is 0 Å². The van der Waals surface area contributed by atoms with E-state index in [0.29, 0.717) is 5.75 Å². The van der Waals surface area contributed by atoms with Gasteiger partial charge in [0, 0.05) is 0 Å². The third-order valence-corrected chi connectivity index (χ3v) is 4.28. The monoisotopic (exact) mass is 302 g/mol. The van der Waals surface area contributed by atoms with Crippen LogP contribution in [0.2, 0.25) is 0 Å². The molecule has 0 aliphatic carbocycles. The molecule has 1 aromatic carbocycles. The second-order valence-electron chi connectivity index (χ2n) is 6.39. The molecule has 1 N–H and O–H groups in total. The van der Waals surface area contributed by atoms with Crippen molar-refractivity contribution in [1.29, 1.82) is 0 Å². The number of phenols is 1. The zero-order valence-corrected chi connectivity index (χ0v) is 14.2. The van der Waals surface area contributed by atoms with E-state index in [1.807, 2.05) is 18.2 Å². The van der Waals surface area contributed by atoms with Crippen molar-refractivity contribution in [2.75, 3.05) is 0 Å². The Morgan fingerprint density at radius 2 is 1.32 bits per heavy atom. The van der Waals surface area contributed by atoms with Gasteiger partial charge in [0.25, 0.3) is 0 Å². The Labute approximate surface area is 137 Å². The van der Waals surface area contributed by atoms with Crippen molar-refractivity contribution >= 4 is 0 Å². The normalized spacial score (nSPS) is 10.7. The van der Waals surface area contributed by atoms with E-state index in [0.717, 1.165) is 6.42 Å². The SMILES string of the molecule is C=CCCCCCCCCCCCCCc1cccc(O)c1. The highest BCUT2D eigenvalue weighted by Gasteiger charge is 1.96. The summed E-state index contributed by atoms with van der Waals surface area (Å²) >= 11 is 0. The first-order valence-electron chi connectivity index (χ1n) is 9.22. The molecule has 0 amide bonds. The average Bonchev–Trinajstić information content (AvgIpc) is 2.52. The fraction of sp³-hybridized carbons (Fsp3) is 0.619. The summed E-state index contributed by atoms with van der Waals surface area (Å²) in [5.74, 6) is 0.391. The van der Waals surface area contributed by atoms with Crippen LogP contribution in [0.25, 0.3) is 0 Å². The van der Waals surface area contributed by atoms with Crippen LogP contribution in [0, 0.1) is 0 Å². The quantitative estimate of drug-likeness (QED) is 0.296. The zero-order valence-electron chi connectivity index (χ0n) is 14.2. The standard InChI is InChI=1S/C21H34O/c1-2-3-4-5-6-7-8-9-10-11-12-13-14-16-20-17-15-18-21(22)19-20/h2,15,17-19,22H,1,3-14,16H2. The minimum Gasteiger partial charge on any atom is -0.508 e. The number of hydrogen-bond acceptors (Lipinski definition) is 1. The number of rotatable bonds is 14. The van der Waals surface area contributed by atoms with Crippen LogP contribution < -0.4 is 0 Å². The van der Waals surface area contributed by atoms with E-state index >= 15 is 0 Å². The maximum Gasteiger partial charge on any atom is 0.115 e. The molecule has 0 bridgehead atoms. The van der Waals surface area contributed by atoms with Crippen molar-refractivity contribution in [1.82, 2.24) is 0 Å². The van der Waals surface area contributed by atoms with Crippen molar-refractivity contribution in [2.24, 2.45) is 0 Å². The second-order valence-corrected chi connectivity index (χ2v) is 6.39. The predicted octanol–water partition coefficient (Wildman–Crippen LogP) is 6.80. The zero-order chi connectivity index (χ0) is 15.9. The summed E-state index contributed by atoms with van der Waals surface area (Å²) in [5.41, 5.74) is 1.26. The molecule has 0 aliphatic heterocycles. The maximum absolute atomic E-state index is 9.41. The van der Waals surface area contributed by atoms with Crippen LogP contribution >= 0.6 is 0 Å². The summed E-state index contributed by atoms with van der Waals surface area (Å²) in [6, 6.07) is 7.66. The fourth-order valence-electron chi connectivity index (χ4n) is 2.92. The highest BCUT2D eigenvalue weighted by molar-refractivity contribution is 5.27. The summed E-state index contributed by atoms with van der Waals surface area (Å²) in [6.07, 6.45) is 19.3. The van der Waals surface area contributed by atoms with Crippen LogP contribution in [-0.2, 0) is 6.42 Å². The number of allylic oxidation sites excluding steroid dienone is 1. The first-order valence-corrected chi connectivity index (χ1v) is 9.22. The van der Waals surface area contributed by atoms with Crippen LogP contribution in [-0.4, -0.2) is 5.11 Å². The first-order chi connectivity index (χ1) is 10.8. The highest BCUT2D eigenvalue weighted by atomic mass is 16.3. The molecule has 0 atom stereocenters. The topological polar surface area (TPSA) is 20.2 Å². The van der Waals surface area contributed by atoms with Gasteiger partial charge < -0.3 is 5.11 Å². The number of unbranched alkanes of at least 4 members (excludes halogenated alkanes) is 11. The maximum atomic E-state index is 9.41. The lowest BCUT2D eigenvalue weighted by Crippen LogP contribution is -1.86. The molecule has 0 unspecified atom stereocenters. The number of hydrogen-bond donors (Lipinski definition) is 1. The number of aryl methyl sites for hydroxylation is 1. The van der Waals surface area contributed by atoms with E-state index in [2.05, 4.69) is 12.6 Å². The summed E-state index contributed by atoms with van der Waals surface area (Å²) in [5, 5.41) is 9.41. The lowest BCUT2D eigenvalue weighted by Gasteiger charge is -2.04. The number of aromatic hydroxyl groups is 1. The van der Waals surface area contributed by atoms with Crippen LogP contribution in [0.4, 0.5) is 0 Å². The molecule has 0 saturated heterocycles. The summed E-state index contributed by atoms with van der Waals surface area (Å²) in [6.45, 7) is 3.76. The largest absolute Gasteiger partial charge is 0.508 e. The molecule has 0 radical (unpaired) electrons. The Morgan fingerprint density at radius 3 is 1.86 bits per heavy atom. The number of benzene rings is 1. The molecule has 1 nitrogen and oxygen atoms in total. The van der Waals surface area contributed by atoms with Crippen LogP contribution in [0.1, 0.15) is 82.6 Å². The van der Waals surface area contributed by atoms with Crippen molar-refractivity contribution in [3.63, 3.8) is 0 Å². The van der Waals surface area contributed by atoms with Crippen LogP contribution in [0.3, 0.4) is 0 Å². The molecular weight excluding hydrogens is 268 g/mol. The van der Waals surface area contributed by atoms with E-state index in [-0.39, 0.29) is 0 Å². The Morgan fingerprint density at radius 1 is 0.773 bits per heavy atom. The molecule has 0 saturated carbocycles. The van der Waals surface area contributed by atoms with Gasteiger partial charge in [-0.05, 0) is 43.4 Å². The van der Waals surface area contributed by atoms with Gasteiger partial charge in [0.05, 0.1) is 0 Å². The summed E-state index contributed by atoms with van der Waals surface area (Å²) in [7, 11) is 0. The predicted molar refractivity (Wildman–Crippen MR) is 97.4 cm³/mol. The van der Waals surface area contributed by atoms with Gasteiger partial charge in [0.1, 0.15) is 5.75 Å². The Bertz CT molecular complexity index is 383. The molecule has 0 aliphatic rings. The van der Waals surface area contributed by atoms with Gasteiger partial charge in [0.15, 0.2) is 0 Å². The van der Waals surface area contributed by atoms with Crippen molar-refractivity contribution in [3.8, 4) is 5.75 Å². The molecule has 0 aromatic heterocycles. The first kappa shape index (κ1) is 18.8. The third kappa shape index (κ3) is 10.5. The van der Waals surface area contributed by atoms with E-state index < -0.39 is 0 Å². The highest BCUT2D eigenvalue weighted by Crippen LogP contribution is 2.15. The minimum absolute atomic E-state index is 0.391. The molecule has 22 heavy (non-hydrogen) atoms. The fourth-order valence-corrected chi connectivity index (χ4v) is 2.92. The van der Waals surface area contributed by atoms with Gasteiger partial charge in [-0.2, -0.15) is 0 Å². The Hall–Kier alpha value is -1.24. The Balaban J connectivity index is 1.81. The van der Waals surface area contributed by atoms with Crippen molar-refractivity contribution in [2.45, 2.75) is 83.5 Å². The second kappa shape index (κ2) is 13.4. The molecule has 1 aromatic rings. The molecule has 1 rings (SSSR count). The van der Waals surface area contributed by atoms with E-state index in [4.69, 9.17) is 0 Å². The van der Waals surface area contributed by atoms with E-state index in [1.54, 1.807) is 6.07 Å². The number of phenolic OH excluding ortho intramolecular Hbond substituents is 1.